The molecule has 5 heteroatoms. The molecule has 0 aliphatic heterocycles. The first-order valence-corrected chi connectivity index (χ1v) is 5.50. The van der Waals surface area contributed by atoms with E-state index in [0.717, 1.165) is 12.8 Å². The lowest BCUT2D eigenvalue weighted by molar-refractivity contribution is -0.139. The predicted molar refractivity (Wildman–Crippen MR) is 56.7 cm³/mol. The third kappa shape index (κ3) is 2.60. The number of nitrogens with zero attached hydrogens (tertiary/aromatic N) is 1. The van der Waals surface area contributed by atoms with Gasteiger partial charge < -0.3 is 4.74 Å². The highest BCUT2D eigenvalue weighted by molar-refractivity contribution is 5.38. The zero-order chi connectivity index (χ0) is 12.6. The van der Waals surface area contributed by atoms with E-state index in [1.807, 2.05) is 0 Å². The van der Waals surface area contributed by atoms with Crippen LogP contribution in [0.5, 0.6) is 0 Å². The molecule has 0 aromatic carbocycles. The van der Waals surface area contributed by atoms with E-state index < -0.39 is 11.7 Å². The summed E-state index contributed by atoms with van der Waals surface area (Å²) >= 11 is 0. The molecule has 94 valence electrons. The zero-order valence-corrected chi connectivity index (χ0v) is 9.77. The first-order valence-electron chi connectivity index (χ1n) is 5.50. The van der Waals surface area contributed by atoms with Crippen molar-refractivity contribution in [3.8, 4) is 0 Å². The Kier molecular flexibility index (Phi) is 3.12. The van der Waals surface area contributed by atoms with E-state index in [4.69, 9.17) is 4.74 Å². The van der Waals surface area contributed by atoms with Gasteiger partial charge in [-0.25, -0.2) is 0 Å². The van der Waals surface area contributed by atoms with Gasteiger partial charge in [0.2, 0.25) is 0 Å². The third-order valence-electron chi connectivity index (χ3n) is 2.80. The van der Waals surface area contributed by atoms with Crippen LogP contribution in [-0.2, 0) is 17.5 Å². The quantitative estimate of drug-likeness (QED) is 0.813. The average molecular weight is 245 g/mol. The van der Waals surface area contributed by atoms with Crippen molar-refractivity contribution in [2.45, 2.75) is 38.5 Å². The van der Waals surface area contributed by atoms with Crippen LogP contribution in [0.15, 0.2) is 6.07 Å². The lowest BCUT2D eigenvalue weighted by Crippen LogP contribution is -2.15. The molecule has 17 heavy (non-hydrogen) atoms. The number of halogens is 3. The number of aryl methyl sites for hydroxylation is 1. The highest BCUT2D eigenvalue weighted by Gasteiger charge is 2.41. The van der Waals surface area contributed by atoms with Crippen molar-refractivity contribution in [2.75, 3.05) is 7.11 Å². The van der Waals surface area contributed by atoms with Crippen molar-refractivity contribution < 1.29 is 17.9 Å². The van der Waals surface area contributed by atoms with Crippen molar-refractivity contribution in [1.29, 1.82) is 0 Å². The van der Waals surface area contributed by atoms with Gasteiger partial charge in [-0.3, -0.25) is 4.98 Å². The van der Waals surface area contributed by atoms with Crippen LogP contribution < -0.4 is 0 Å². The standard InChI is InChI=1S/C12H14F3NO/c1-7-5-9(6-17-2)10(12(13,14)15)11(16-7)8-3-4-8/h5,8H,3-4,6H2,1-2H3. The summed E-state index contributed by atoms with van der Waals surface area (Å²) in [4.78, 5) is 4.07. The van der Waals surface area contributed by atoms with Gasteiger partial charge in [0.25, 0.3) is 0 Å². The number of rotatable bonds is 3. The topological polar surface area (TPSA) is 22.1 Å². The van der Waals surface area contributed by atoms with Crippen LogP contribution in [0.3, 0.4) is 0 Å². The number of hydrogen-bond donors (Lipinski definition) is 0. The lowest BCUT2D eigenvalue weighted by atomic mass is 10.0. The van der Waals surface area contributed by atoms with E-state index in [-0.39, 0.29) is 23.8 Å². The molecule has 2 rings (SSSR count). The Morgan fingerprint density at radius 2 is 2.06 bits per heavy atom. The minimum Gasteiger partial charge on any atom is -0.380 e. The molecular formula is C12H14F3NO. The van der Waals surface area contributed by atoms with Gasteiger partial charge >= 0.3 is 6.18 Å². The first-order chi connectivity index (χ1) is 7.93. The molecule has 1 aliphatic rings. The molecule has 0 unspecified atom stereocenters. The van der Waals surface area contributed by atoms with Gasteiger partial charge in [-0.1, -0.05) is 0 Å². The molecule has 0 atom stereocenters. The molecule has 1 heterocycles. The molecule has 1 aliphatic carbocycles. The maximum atomic E-state index is 13.1. The van der Waals surface area contributed by atoms with Gasteiger partial charge in [-0.15, -0.1) is 0 Å². The molecule has 2 nitrogen and oxygen atoms in total. The van der Waals surface area contributed by atoms with E-state index >= 15 is 0 Å². The average Bonchev–Trinajstić information content (AvgIpc) is 2.97. The van der Waals surface area contributed by atoms with E-state index in [1.54, 1.807) is 6.92 Å². The summed E-state index contributed by atoms with van der Waals surface area (Å²) in [7, 11) is 1.40. The molecule has 0 amide bonds. The van der Waals surface area contributed by atoms with Crippen LogP contribution in [0.4, 0.5) is 13.2 Å². The van der Waals surface area contributed by atoms with E-state index in [9.17, 15) is 13.2 Å². The number of hydrogen-bond acceptors (Lipinski definition) is 2. The van der Waals surface area contributed by atoms with Gasteiger partial charge in [-0.2, -0.15) is 13.2 Å². The van der Waals surface area contributed by atoms with Crippen molar-refractivity contribution >= 4 is 0 Å². The van der Waals surface area contributed by atoms with Crippen molar-refractivity contribution in [2.24, 2.45) is 0 Å². The summed E-state index contributed by atoms with van der Waals surface area (Å²) in [5.41, 5.74) is 0.415. The second kappa shape index (κ2) is 4.29. The molecule has 1 aromatic heterocycles. The minimum absolute atomic E-state index is 0.0258. The lowest BCUT2D eigenvalue weighted by Gasteiger charge is -2.17. The van der Waals surface area contributed by atoms with E-state index in [1.165, 1.54) is 13.2 Å². The van der Waals surface area contributed by atoms with Crippen LogP contribution in [0, 0.1) is 6.92 Å². The number of aromatic nitrogens is 1. The van der Waals surface area contributed by atoms with Gasteiger partial charge in [0.1, 0.15) is 0 Å². The summed E-state index contributed by atoms with van der Waals surface area (Å²) < 4.78 is 44.0. The van der Waals surface area contributed by atoms with Crippen LogP contribution in [0.2, 0.25) is 0 Å². The summed E-state index contributed by atoms with van der Waals surface area (Å²) in [5, 5.41) is 0. The van der Waals surface area contributed by atoms with Crippen LogP contribution in [0.1, 0.15) is 41.3 Å². The van der Waals surface area contributed by atoms with Crippen molar-refractivity contribution in [3.63, 3.8) is 0 Å². The smallest absolute Gasteiger partial charge is 0.380 e. The maximum absolute atomic E-state index is 13.1. The summed E-state index contributed by atoms with van der Waals surface area (Å²) in [6.45, 7) is 1.68. The number of ether oxygens (including phenoxy) is 1. The van der Waals surface area contributed by atoms with E-state index in [2.05, 4.69) is 4.98 Å². The Morgan fingerprint density at radius 3 is 2.53 bits per heavy atom. The minimum atomic E-state index is -4.35. The first kappa shape index (κ1) is 12.4. The van der Waals surface area contributed by atoms with E-state index in [0.29, 0.717) is 5.69 Å². The molecule has 0 spiro atoms. The second-order valence-corrected chi connectivity index (χ2v) is 4.39. The van der Waals surface area contributed by atoms with Gasteiger partial charge in [0, 0.05) is 18.7 Å². The fraction of sp³-hybridized carbons (Fsp3) is 0.583. The monoisotopic (exact) mass is 245 g/mol. The normalized spacial score (nSPS) is 16.3. The maximum Gasteiger partial charge on any atom is 0.418 e. The third-order valence-corrected chi connectivity index (χ3v) is 2.80. The van der Waals surface area contributed by atoms with Crippen molar-refractivity contribution in [1.82, 2.24) is 4.98 Å². The molecule has 0 bridgehead atoms. The number of pyridine rings is 1. The molecule has 1 aromatic rings. The highest BCUT2D eigenvalue weighted by Crippen LogP contribution is 2.46. The molecule has 0 saturated heterocycles. The highest BCUT2D eigenvalue weighted by atomic mass is 19.4. The largest absolute Gasteiger partial charge is 0.418 e. The Morgan fingerprint density at radius 1 is 1.41 bits per heavy atom. The fourth-order valence-corrected chi connectivity index (χ4v) is 2.02. The van der Waals surface area contributed by atoms with Crippen LogP contribution in [0.25, 0.3) is 0 Å². The molecule has 0 N–H and O–H groups in total. The molecular weight excluding hydrogens is 231 g/mol. The number of alkyl halides is 3. The van der Waals surface area contributed by atoms with Gasteiger partial charge in [0.15, 0.2) is 0 Å². The molecule has 0 radical (unpaired) electrons. The summed E-state index contributed by atoms with van der Waals surface area (Å²) in [6.07, 6.45) is -2.76. The Labute approximate surface area is 97.8 Å². The summed E-state index contributed by atoms with van der Waals surface area (Å²) in [6, 6.07) is 1.46. The SMILES string of the molecule is COCc1cc(C)nc(C2CC2)c1C(F)(F)F. The Hall–Kier alpha value is -1.10. The Balaban J connectivity index is 2.56. The molecule has 1 fully saturated rings. The number of methoxy groups -OCH3 is 1. The summed E-state index contributed by atoms with van der Waals surface area (Å²) in [5.74, 6) is -0.0258. The van der Waals surface area contributed by atoms with Crippen LogP contribution >= 0.6 is 0 Å². The second-order valence-electron chi connectivity index (χ2n) is 4.39. The van der Waals surface area contributed by atoms with Crippen LogP contribution in [-0.4, -0.2) is 12.1 Å². The van der Waals surface area contributed by atoms with Gasteiger partial charge in [0.05, 0.1) is 17.9 Å². The zero-order valence-electron chi connectivity index (χ0n) is 9.77. The fourth-order valence-electron chi connectivity index (χ4n) is 2.02. The predicted octanol–water partition coefficient (Wildman–Crippen LogP) is 3.43. The van der Waals surface area contributed by atoms with Gasteiger partial charge in [-0.05, 0) is 31.4 Å². The van der Waals surface area contributed by atoms with Crippen molar-refractivity contribution in [3.05, 3.63) is 28.6 Å². The Bertz CT molecular complexity index is 424. The molecule has 1 saturated carbocycles.